The Bertz CT molecular complexity index is 131. The minimum absolute atomic E-state index is 0.122. The summed E-state index contributed by atoms with van der Waals surface area (Å²) in [6.45, 7) is 0. The summed E-state index contributed by atoms with van der Waals surface area (Å²) in [5.74, 6) is 0.740. The van der Waals surface area contributed by atoms with E-state index in [9.17, 15) is 0 Å². The van der Waals surface area contributed by atoms with E-state index in [0.29, 0.717) is 5.38 Å². The van der Waals surface area contributed by atoms with Gasteiger partial charge in [-0.05, 0) is 31.6 Å². The molecule has 3 atom stereocenters. The number of alkyl halides is 2. The van der Waals surface area contributed by atoms with Crippen molar-refractivity contribution in [2.75, 3.05) is 0 Å². The van der Waals surface area contributed by atoms with Crippen LogP contribution in [0.15, 0.2) is 0 Å². The van der Waals surface area contributed by atoms with Gasteiger partial charge in [0.2, 0.25) is 0 Å². The Labute approximate surface area is 65.5 Å². The molecule has 0 spiro atoms. The standard InChI is InChI=1S/C7H10Cl2/c8-6-4-7(9)2-1-5(6)3-7/h5-6H,1-4H2. The molecule has 2 aliphatic rings. The second kappa shape index (κ2) is 1.79. The Morgan fingerprint density at radius 2 is 2.11 bits per heavy atom. The molecule has 2 fully saturated rings. The zero-order valence-corrected chi connectivity index (χ0v) is 6.75. The zero-order chi connectivity index (χ0) is 6.48. The highest BCUT2D eigenvalue weighted by molar-refractivity contribution is 6.27. The lowest BCUT2D eigenvalue weighted by Crippen LogP contribution is -2.17. The van der Waals surface area contributed by atoms with E-state index >= 15 is 0 Å². The monoisotopic (exact) mass is 164 g/mol. The largest absolute Gasteiger partial charge is 0.123 e. The molecule has 9 heavy (non-hydrogen) atoms. The normalized spacial score (nSPS) is 56.7. The quantitative estimate of drug-likeness (QED) is 0.484. The molecule has 0 saturated heterocycles. The van der Waals surface area contributed by atoms with Gasteiger partial charge in [0.1, 0.15) is 0 Å². The van der Waals surface area contributed by atoms with Crippen molar-refractivity contribution in [2.24, 2.45) is 5.92 Å². The smallest absolute Gasteiger partial charge is 0.0464 e. The molecule has 0 aromatic rings. The number of halogens is 2. The molecule has 2 saturated carbocycles. The molecule has 0 N–H and O–H groups in total. The third-order valence-corrected chi connectivity index (χ3v) is 3.67. The summed E-state index contributed by atoms with van der Waals surface area (Å²) in [5.41, 5.74) is 0. The third kappa shape index (κ3) is 0.877. The van der Waals surface area contributed by atoms with E-state index in [2.05, 4.69) is 0 Å². The van der Waals surface area contributed by atoms with Gasteiger partial charge in [0.15, 0.2) is 0 Å². The lowest BCUT2D eigenvalue weighted by atomic mass is 10.00. The van der Waals surface area contributed by atoms with Gasteiger partial charge < -0.3 is 0 Å². The van der Waals surface area contributed by atoms with E-state index in [0.717, 1.165) is 12.3 Å². The van der Waals surface area contributed by atoms with E-state index in [4.69, 9.17) is 23.2 Å². The van der Waals surface area contributed by atoms with Crippen molar-refractivity contribution in [3.8, 4) is 0 Å². The summed E-state index contributed by atoms with van der Waals surface area (Å²) >= 11 is 12.2. The highest BCUT2D eigenvalue weighted by Gasteiger charge is 2.48. The van der Waals surface area contributed by atoms with Crippen LogP contribution in [0.2, 0.25) is 0 Å². The molecular weight excluding hydrogens is 155 g/mol. The lowest BCUT2D eigenvalue weighted by molar-refractivity contribution is 0.503. The topological polar surface area (TPSA) is 0 Å². The Kier molecular flexibility index (Phi) is 1.26. The maximum atomic E-state index is 6.21. The van der Waals surface area contributed by atoms with Gasteiger partial charge in [0.25, 0.3) is 0 Å². The fourth-order valence-corrected chi connectivity index (χ4v) is 3.19. The predicted octanol–water partition coefficient (Wildman–Crippen LogP) is 2.78. The minimum Gasteiger partial charge on any atom is -0.123 e. The summed E-state index contributed by atoms with van der Waals surface area (Å²) in [7, 11) is 0. The van der Waals surface area contributed by atoms with Crippen LogP contribution in [0.1, 0.15) is 25.7 Å². The summed E-state index contributed by atoms with van der Waals surface area (Å²) in [6.07, 6.45) is 4.67. The van der Waals surface area contributed by atoms with E-state index < -0.39 is 0 Å². The van der Waals surface area contributed by atoms with Gasteiger partial charge in [-0.1, -0.05) is 0 Å². The number of fused-ring (bicyclic) bond motifs is 2. The van der Waals surface area contributed by atoms with Crippen LogP contribution < -0.4 is 0 Å². The third-order valence-electron chi connectivity index (χ3n) is 2.66. The van der Waals surface area contributed by atoms with Gasteiger partial charge >= 0.3 is 0 Å². The van der Waals surface area contributed by atoms with Gasteiger partial charge in [-0.15, -0.1) is 23.2 Å². The van der Waals surface area contributed by atoms with E-state index in [-0.39, 0.29) is 4.87 Å². The van der Waals surface area contributed by atoms with Gasteiger partial charge in [-0.25, -0.2) is 0 Å². The van der Waals surface area contributed by atoms with Gasteiger partial charge in [-0.3, -0.25) is 0 Å². The molecule has 0 aromatic heterocycles. The van der Waals surface area contributed by atoms with Crippen LogP contribution in [0.3, 0.4) is 0 Å². The van der Waals surface area contributed by atoms with Gasteiger partial charge in [0, 0.05) is 10.3 Å². The summed E-state index contributed by atoms with van der Waals surface area (Å²) in [6, 6.07) is 0. The van der Waals surface area contributed by atoms with Crippen molar-refractivity contribution in [1.82, 2.24) is 0 Å². The van der Waals surface area contributed by atoms with E-state index in [1.807, 2.05) is 0 Å². The molecule has 0 nitrogen and oxygen atoms in total. The zero-order valence-electron chi connectivity index (χ0n) is 5.24. The Morgan fingerprint density at radius 1 is 1.33 bits per heavy atom. The fraction of sp³-hybridized carbons (Fsp3) is 1.00. The molecule has 0 amide bonds. The Hall–Kier alpha value is 0.580. The maximum absolute atomic E-state index is 6.21. The highest BCUT2D eigenvalue weighted by Crippen LogP contribution is 2.53. The SMILES string of the molecule is ClC1CC2(Cl)CCC1C2. The molecule has 2 heteroatoms. The maximum Gasteiger partial charge on any atom is 0.0464 e. The molecule has 0 aliphatic heterocycles. The van der Waals surface area contributed by atoms with Crippen LogP contribution in [-0.4, -0.2) is 10.3 Å². The average molecular weight is 165 g/mol. The van der Waals surface area contributed by atoms with Crippen LogP contribution in [0.4, 0.5) is 0 Å². The van der Waals surface area contributed by atoms with Crippen LogP contribution in [-0.2, 0) is 0 Å². The molecule has 0 aromatic carbocycles. The molecule has 0 heterocycles. The molecule has 2 rings (SSSR count). The van der Waals surface area contributed by atoms with Crippen LogP contribution in [0, 0.1) is 5.92 Å². The predicted molar refractivity (Wildman–Crippen MR) is 40.2 cm³/mol. The first kappa shape index (κ1) is 6.30. The molecule has 2 aliphatic carbocycles. The average Bonchev–Trinajstić information content (AvgIpc) is 2.20. The number of hydrogen-bond acceptors (Lipinski definition) is 0. The number of hydrogen-bond donors (Lipinski definition) is 0. The van der Waals surface area contributed by atoms with Crippen molar-refractivity contribution in [3.63, 3.8) is 0 Å². The summed E-state index contributed by atoms with van der Waals surface area (Å²) in [4.78, 5) is 0.122. The second-order valence-electron chi connectivity index (χ2n) is 3.37. The first-order valence-electron chi connectivity index (χ1n) is 3.53. The lowest BCUT2D eigenvalue weighted by Gasteiger charge is -2.19. The van der Waals surface area contributed by atoms with Crippen LogP contribution >= 0.6 is 23.2 Å². The van der Waals surface area contributed by atoms with Gasteiger partial charge in [0.05, 0.1) is 0 Å². The Balaban J connectivity index is 2.19. The van der Waals surface area contributed by atoms with Crippen molar-refractivity contribution in [1.29, 1.82) is 0 Å². The Morgan fingerprint density at radius 3 is 2.33 bits per heavy atom. The van der Waals surface area contributed by atoms with E-state index in [1.165, 1.54) is 19.3 Å². The highest BCUT2D eigenvalue weighted by atomic mass is 35.5. The van der Waals surface area contributed by atoms with Crippen LogP contribution in [0.25, 0.3) is 0 Å². The molecule has 0 radical (unpaired) electrons. The van der Waals surface area contributed by atoms with Crippen molar-refractivity contribution < 1.29 is 0 Å². The fourth-order valence-electron chi connectivity index (χ4n) is 2.13. The van der Waals surface area contributed by atoms with Crippen molar-refractivity contribution in [2.45, 2.75) is 35.9 Å². The molecule has 2 bridgehead atoms. The molecule has 52 valence electrons. The first-order chi connectivity index (χ1) is 4.20. The van der Waals surface area contributed by atoms with Crippen molar-refractivity contribution >= 4 is 23.2 Å². The number of rotatable bonds is 0. The molecule has 3 unspecified atom stereocenters. The second-order valence-corrected chi connectivity index (χ2v) is 4.74. The van der Waals surface area contributed by atoms with Crippen molar-refractivity contribution in [3.05, 3.63) is 0 Å². The minimum atomic E-state index is 0.122. The molecular formula is C7H10Cl2. The van der Waals surface area contributed by atoms with Crippen LogP contribution in [0.5, 0.6) is 0 Å². The summed E-state index contributed by atoms with van der Waals surface area (Å²) < 4.78 is 0. The summed E-state index contributed by atoms with van der Waals surface area (Å²) in [5, 5.41) is 0.385. The van der Waals surface area contributed by atoms with Gasteiger partial charge in [-0.2, -0.15) is 0 Å². The first-order valence-corrected chi connectivity index (χ1v) is 4.34. The van der Waals surface area contributed by atoms with E-state index in [1.54, 1.807) is 0 Å².